The molecule has 5 heteroatoms. The van der Waals surface area contributed by atoms with Crippen LogP contribution in [0.15, 0.2) is 84.9 Å². The van der Waals surface area contributed by atoms with Crippen molar-refractivity contribution in [3.63, 3.8) is 0 Å². The number of aromatic nitrogens is 1. The molecule has 0 fully saturated rings. The van der Waals surface area contributed by atoms with Crippen molar-refractivity contribution in [1.29, 1.82) is 0 Å². The van der Waals surface area contributed by atoms with E-state index >= 15 is 0 Å². The quantitative estimate of drug-likeness (QED) is 0.435. The van der Waals surface area contributed by atoms with E-state index in [2.05, 4.69) is 10.3 Å². The van der Waals surface area contributed by atoms with Crippen molar-refractivity contribution in [2.45, 2.75) is 20.1 Å². The van der Waals surface area contributed by atoms with Crippen LogP contribution < -0.4 is 14.8 Å². The van der Waals surface area contributed by atoms with Gasteiger partial charge in [0, 0.05) is 18.0 Å². The summed E-state index contributed by atoms with van der Waals surface area (Å²) in [5, 5.41) is 3.79. The van der Waals surface area contributed by atoms with Gasteiger partial charge < -0.3 is 14.8 Å². The van der Waals surface area contributed by atoms with Crippen LogP contribution in [0.25, 0.3) is 10.9 Å². The molecule has 0 bridgehead atoms. The van der Waals surface area contributed by atoms with Gasteiger partial charge in [-0.25, -0.2) is 4.98 Å². The maximum Gasteiger partial charge on any atom is 0.252 e. The van der Waals surface area contributed by atoms with Crippen LogP contribution in [0.1, 0.15) is 28.4 Å². The van der Waals surface area contributed by atoms with Crippen molar-refractivity contribution in [3.8, 4) is 11.6 Å². The van der Waals surface area contributed by atoms with Crippen LogP contribution in [0.3, 0.4) is 0 Å². The molecular weight excluding hydrogens is 388 g/mol. The van der Waals surface area contributed by atoms with Crippen LogP contribution in [-0.2, 0) is 13.2 Å². The maximum absolute atomic E-state index is 13.0. The summed E-state index contributed by atoms with van der Waals surface area (Å²) in [7, 11) is 0. The van der Waals surface area contributed by atoms with Crippen LogP contribution in [0, 0.1) is 0 Å². The minimum atomic E-state index is -0.169. The molecule has 3 aromatic carbocycles. The molecule has 0 aliphatic rings. The van der Waals surface area contributed by atoms with Crippen molar-refractivity contribution in [1.82, 2.24) is 10.3 Å². The lowest BCUT2D eigenvalue weighted by Crippen LogP contribution is -2.23. The van der Waals surface area contributed by atoms with E-state index < -0.39 is 0 Å². The molecular formula is C26H24N2O3. The molecule has 4 rings (SSSR count). The summed E-state index contributed by atoms with van der Waals surface area (Å²) < 4.78 is 11.3. The molecule has 0 radical (unpaired) electrons. The molecule has 5 nitrogen and oxygen atoms in total. The summed E-state index contributed by atoms with van der Waals surface area (Å²) in [5.41, 5.74) is 3.30. The highest BCUT2D eigenvalue weighted by molar-refractivity contribution is 6.06. The summed E-state index contributed by atoms with van der Waals surface area (Å²) in [5.74, 6) is 1.07. The van der Waals surface area contributed by atoms with E-state index in [4.69, 9.17) is 9.47 Å². The Morgan fingerprint density at radius 3 is 2.39 bits per heavy atom. The van der Waals surface area contributed by atoms with Gasteiger partial charge in [-0.05, 0) is 36.2 Å². The van der Waals surface area contributed by atoms with Gasteiger partial charge in [-0.2, -0.15) is 0 Å². The number of ether oxygens (including phenoxy) is 2. The van der Waals surface area contributed by atoms with Crippen molar-refractivity contribution in [2.75, 3.05) is 6.61 Å². The smallest absolute Gasteiger partial charge is 0.252 e. The lowest BCUT2D eigenvalue weighted by Gasteiger charge is -2.12. The van der Waals surface area contributed by atoms with E-state index in [9.17, 15) is 4.79 Å². The predicted octanol–water partition coefficient (Wildman–Crippen LogP) is 5.14. The van der Waals surface area contributed by atoms with Gasteiger partial charge in [0.1, 0.15) is 12.4 Å². The van der Waals surface area contributed by atoms with Crippen LogP contribution in [0.2, 0.25) is 0 Å². The van der Waals surface area contributed by atoms with Gasteiger partial charge in [0.05, 0.1) is 17.7 Å². The minimum absolute atomic E-state index is 0.169. The van der Waals surface area contributed by atoms with Crippen molar-refractivity contribution >= 4 is 16.8 Å². The summed E-state index contributed by atoms with van der Waals surface area (Å²) in [6, 6.07) is 26.9. The summed E-state index contributed by atoms with van der Waals surface area (Å²) in [4.78, 5) is 17.6. The highest BCUT2D eigenvalue weighted by Gasteiger charge is 2.14. The molecule has 31 heavy (non-hydrogen) atoms. The Morgan fingerprint density at radius 1 is 0.871 bits per heavy atom. The number of carbonyl (C=O) groups excluding carboxylic acids is 1. The first-order valence-electron chi connectivity index (χ1n) is 10.3. The molecule has 1 amide bonds. The molecule has 0 unspecified atom stereocenters. The molecule has 0 saturated heterocycles. The fourth-order valence-corrected chi connectivity index (χ4v) is 3.29. The van der Waals surface area contributed by atoms with Crippen molar-refractivity contribution in [2.24, 2.45) is 0 Å². The molecule has 0 saturated carbocycles. The number of nitrogens with zero attached hydrogens (tertiary/aromatic N) is 1. The number of para-hydroxylation sites is 1. The molecule has 1 heterocycles. The third kappa shape index (κ3) is 5.20. The second-order valence-corrected chi connectivity index (χ2v) is 7.06. The lowest BCUT2D eigenvalue weighted by molar-refractivity contribution is 0.0952. The molecule has 0 aliphatic carbocycles. The third-order valence-electron chi connectivity index (χ3n) is 4.85. The molecule has 0 atom stereocenters. The Bertz CT molecular complexity index is 1160. The Hall–Kier alpha value is -3.86. The lowest BCUT2D eigenvalue weighted by atomic mass is 10.1. The standard InChI is InChI=1S/C26H24N2O3/c1-2-30-21-14-12-19(13-15-21)17-27-26(29)23-16-25(28-24-11-7-6-10-22(23)24)31-18-20-8-4-3-5-9-20/h3-16H,2,17-18H2,1H3,(H,27,29). The van der Waals surface area contributed by atoms with E-state index in [-0.39, 0.29) is 5.91 Å². The molecule has 4 aromatic rings. The molecule has 1 N–H and O–H groups in total. The number of amides is 1. The monoisotopic (exact) mass is 412 g/mol. The normalized spacial score (nSPS) is 10.6. The number of nitrogens with one attached hydrogen (secondary N) is 1. The number of benzene rings is 3. The zero-order chi connectivity index (χ0) is 21.5. The van der Waals surface area contributed by atoms with E-state index in [0.29, 0.717) is 31.2 Å². The molecule has 156 valence electrons. The van der Waals surface area contributed by atoms with Crippen LogP contribution in [-0.4, -0.2) is 17.5 Å². The minimum Gasteiger partial charge on any atom is -0.494 e. The number of pyridine rings is 1. The first-order valence-corrected chi connectivity index (χ1v) is 10.3. The van der Waals surface area contributed by atoms with Crippen molar-refractivity contribution < 1.29 is 14.3 Å². The first kappa shape index (κ1) is 20.4. The number of rotatable bonds is 8. The van der Waals surface area contributed by atoms with Crippen molar-refractivity contribution in [3.05, 3.63) is 102 Å². The maximum atomic E-state index is 13.0. The van der Waals surface area contributed by atoms with Gasteiger partial charge in [0.25, 0.3) is 5.91 Å². The second kappa shape index (κ2) is 9.76. The first-order chi connectivity index (χ1) is 15.2. The topological polar surface area (TPSA) is 60.5 Å². The van der Waals surface area contributed by atoms with Gasteiger partial charge >= 0.3 is 0 Å². The molecule has 1 aromatic heterocycles. The predicted molar refractivity (Wildman–Crippen MR) is 121 cm³/mol. The third-order valence-corrected chi connectivity index (χ3v) is 4.85. The number of hydrogen-bond acceptors (Lipinski definition) is 4. The summed E-state index contributed by atoms with van der Waals surface area (Å²) >= 11 is 0. The zero-order valence-electron chi connectivity index (χ0n) is 17.4. The highest BCUT2D eigenvalue weighted by atomic mass is 16.5. The van der Waals surface area contributed by atoms with Gasteiger partial charge in [0.2, 0.25) is 5.88 Å². The SMILES string of the molecule is CCOc1ccc(CNC(=O)c2cc(OCc3ccccc3)nc3ccccc23)cc1. The Kier molecular flexibility index (Phi) is 6.43. The number of hydrogen-bond donors (Lipinski definition) is 1. The van der Waals surface area contributed by atoms with E-state index in [1.165, 1.54) is 0 Å². The van der Waals surface area contributed by atoms with Crippen LogP contribution >= 0.6 is 0 Å². The molecule has 0 spiro atoms. The van der Waals surface area contributed by atoms with Gasteiger partial charge in [-0.1, -0.05) is 60.7 Å². The van der Waals surface area contributed by atoms with Gasteiger partial charge in [-0.15, -0.1) is 0 Å². The largest absolute Gasteiger partial charge is 0.494 e. The second-order valence-electron chi connectivity index (χ2n) is 7.06. The van der Waals surface area contributed by atoms with Crippen LogP contribution in [0.5, 0.6) is 11.6 Å². The van der Waals surface area contributed by atoms with E-state index in [1.54, 1.807) is 6.07 Å². The average Bonchev–Trinajstić information content (AvgIpc) is 2.82. The Balaban J connectivity index is 1.51. The fourth-order valence-electron chi connectivity index (χ4n) is 3.29. The average molecular weight is 412 g/mol. The van der Waals surface area contributed by atoms with Gasteiger partial charge in [-0.3, -0.25) is 4.79 Å². The number of fused-ring (bicyclic) bond motifs is 1. The Morgan fingerprint density at radius 2 is 1.61 bits per heavy atom. The van der Waals surface area contributed by atoms with E-state index in [0.717, 1.165) is 27.8 Å². The van der Waals surface area contributed by atoms with E-state index in [1.807, 2.05) is 85.8 Å². The number of carbonyl (C=O) groups is 1. The summed E-state index contributed by atoms with van der Waals surface area (Å²) in [6.45, 7) is 3.38. The fraction of sp³-hybridized carbons (Fsp3) is 0.154. The Labute approximate surface area is 181 Å². The highest BCUT2D eigenvalue weighted by Crippen LogP contribution is 2.23. The van der Waals surface area contributed by atoms with Gasteiger partial charge in [0.15, 0.2) is 0 Å². The summed E-state index contributed by atoms with van der Waals surface area (Å²) in [6.07, 6.45) is 0. The zero-order valence-corrected chi connectivity index (χ0v) is 17.4. The van der Waals surface area contributed by atoms with Crippen LogP contribution in [0.4, 0.5) is 0 Å². The molecule has 0 aliphatic heterocycles.